The summed E-state index contributed by atoms with van der Waals surface area (Å²) in [4.78, 5) is 3.45. The molecule has 0 radical (unpaired) electrons. The lowest BCUT2D eigenvalue weighted by Gasteiger charge is -2.17. The minimum absolute atomic E-state index is 0.367. The van der Waals surface area contributed by atoms with Crippen LogP contribution in [0, 0.1) is 0 Å². The molecule has 0 aromatic carbocycles. The van der Waals surface area contributed by atoms with Crippen molar-refractivity contribution >= 4 is 5.69 Å². The van der Waals surface area contributed by atoms with Gasteiger partial charge in [0.05, 0.1) is 11.9 Å². The van der Waals surface area contributed by atoms with Crippen LogP contribution in [0.1, 0.15) is 44.2 Å². The van der Waals surface area contributed by atoms with Crippen LogP contribution >= 0.6 is 0 Å². The standard InChI is InChI=1S/C13H17F3N2/c14-13(15,16)12-8-7-11(9-17-12)18-10-5-3-1-2-4-6-10/h7-10,18H,1-6H2. The summed E-state index contributed by atoms with van der Waals surface area (Å²) < 4.78 is 37.0. The maximum Gasteiger partial charge on any atom is 0.433 e. The quantitative estimate of drug-likeness (QED) is 0.803. The van der Waals surface area contributed by atoms with Gasteiger partial charge in [0.25, 0.3) is 0 Å². The molecule has 5 heteroatoms. The predicted molar refractivity (Wildman–Crippen MR) is 64.4 cm³/mol. The average Bonchev–Trinajstić information content (AvgIpc) is 2.57. The van der Waals surface area contributed by atoms with Crippen molar-refractivity contribution in [1.29, 1.82) is 0 Å². The van der Waals surface area contributed by atoms with Crippen LogP contribution in [0.2, 0.25) is 0 Å². The first kappa shape index (κ1) is 13.2. The number of alkyl halides is 3. The van der Waals surface area contributed by atoms with Crippen molar-refractivity contribution in [3.63, 3.8) is 0 Å². The van der Waals surface area contributed by atoms with Crippen molar-refractivity contribution in [3.05, 3.63) is 24.0 Å². The van der Waals surface area contributed by atoms with Crippen LogP contribution in [0.3, 0.4) is 0 Å². The summed E-state index contributed by atoms with van der Waals surface area (Å²) in [5, 5.41) is 3.27. The highest BCUT2D eigenvalue weighted by Gasteiger charge is 2.32. The third-order valence-corrected chi connectivity index (χ3v) is 3.28. The lowest BCUT2D eigenvalue weighted by atomic mass is 10.1. The van der Waals surface area contributed by atoms with E-state index in [2.05, 4.69) is 10.3 Å². The summed E-state index contributed by atoms with van der Waals surface area (Å²) in [6.07, 6.45) is 3.96. The molecule has 0 unspecified atom stereocenters. The van der Waals surface area contributed by atoms with E-state index in [0.29, 0.717) is 11.7 Å². The van der Waals surface area contributed by atoms with Crippen molar-refractivity contribution in [2.45, 2.75) is 50.7 Å². The Morgan fingerprint density at radius 3 is 2.22 bits per heavy atom. The molecule has 0 saturated heterocycles. The molecule has 1 aromatic heterocycles. The highest BCUT2D eigenvalue weighted by molar-refractivity contribution is 5.42. The van der Waals surface area contributed by atoms with Gasteiger partial charge < -0.3 is 5.32 Å². The van der Waals surface area contributed by atoms with E-state index in [4.69, 9.17) is 0 Å². The van der Waals surface area contributed by atoms with Crippen molar-refractivity contribution < 1.29 is 13.2 Å². The zero-order chi connectivity index (χ0) is 13.0. The fourth-order valence-corrected chi connectivity index (χ4v) is 2.31. The summed E-state index contributed by atoms with van der Waals surface area (Å²) in [5.74, 6) is 0. The molecule has 1 heterocycles. The van der Waals surface area contributed by atoms with Crippen molar-refractivity contribution in [1.82, 2.24) is 4.98 Å². The Labute approximate surface area is 105 Å². The molecule has 1 aliphatic carbocycles. The van der Waals surface area contributed by atoms with E-state index in [0.717, 1.165) is 18.9 Å². The SMILES string of the molecule is FC(F)(F)c1ccc(NC2CCCCCC2)cn1. The molecule has 0 amide bonds. The van der Waals surface area contributed by atoms with E-state index in [1.807, 2.05) is 0 Å². The smallest absolute Gasteiger partial charge is 0.381 e. The zero-order valence-electron chi connectivity index (χ0n) is 10.1. The highest BCUT2D eigenvalue weighted by atomic mass is 19.4. The maximum absolute atomic E-state index is 12.3. The summed E-state index contributed by atoms with van der Waals surface area (Å²) in [6.45, 7) is 0. The third kappa shape index (κ3) is 3.62. The van der Waals surface area contributed by atoms with Crippen LogP contribution in [-0.4, -0.2) is 11.0 Å². The van der Waals surface area contributed by atoms with Crippen LogP contribution in [-0.2, 0) is 6.18 Å². The molecular weight excluding hydrogens is 241 g/mol. The van der Waals surface area contributed by atoms with E-state index in [-0.39, 0.29) is 0 Å². The van der Waals surface area contributed by atoms with Crippen LogP contribution in [0.5, 0.6) is 0 Å². The Kier molecular flexibility index (Phi) is 4.09. The molecule has 2 nitrogen and oxygen atoms in total. The van der Waals surface area contributed by atoms with Gasteiger partial charge in [-0.05, 0) is 25.0 Å². The summed E-state index contributed by atoms with van der Waals surface area (Å²) in [5.41, 5.74) is -0.163. The van der Waals surface area contributed by atoms with Gasteiger partial charge in [-0.3, -0.25) is 0 Å². The Hall–Kier alpha value is -1.26. The van der Waals surface area contributed by atoms with Crippen LogP contribution < -0.4 is 5.32 Å². The third-order valence-electron chi connectivity index (χ3n) is 3.28. The van der Waals surface area contributed by atoms with Gasteiger partial charge >= 0.3 is 6.18 Å². The summed E-state index contributed by atoms with van der Waals surface area (Å²) in [6, 6.07) is 2.85. The monoisotopic (exact) mass is 258 g/mol. The molecule has 1 saturated carbocycles. The van der Waals surface area contributed by atoms with Gasteiger partial charge in [0.15, 0.2) is 0 Å². The maximum atomic E-state index is 12.3. The van der Waals surface area contributed by atoms with Gasteiger partial charge in [0.2, 0.25) is 0 Å². The van der Waals surface area contributed by atoms with Crippen molar-refractivity contribution in [3.8, 4) is 0 Å². The van der Waals surface area contributed by atoms with Crippen LogP contribution in [0.25, 0.3) is 0 Å². The molecule has 18 heavy (non-hydrogen) atoms. The van der Waals surface area contributed by atoms with E-state index in [1.54, 1.807) is 0 Å². The number of hydrogen-bond donors (Lipinski definition) is 1. The second-order valence-electron chi connectivity index (χ2n) is 4.76. The lowest BCUT2D eigenvalue weighted by molar-refractivity contribution is -0.141. The topological polar surface area (TPSA) is 24.9 Å². The number of anilines is 1. The number of pyridine rings is 1. The number of halogens is 3. The molecule has 2 rings (SSSR count). The normalized spacial score (nSPS) is 18.4. The fourth-order valence-electron chi connectivity index (χ4n) is 2.31. The largest absolute Gasteiger partial charge is 0.433 e. The first-order valence-electron chi connectivity index (χ1n) is 6.35. The molecule has 0 bridgehead atoms. The van der Waals surface area contributed by atoms with Gasteiger partial charge in [0.1, 0.15) is 5.69 Å². The Morgan fingerprint density at radius 2 is 1.72 bits per heavy atom. The van der Waals surface area contributed by atoms with Crippen molar-refractivity contribution in [2.75, 3.05) is 5.32 Å². The van der Waals surface area contributed by atoms with Crippen molar-refractivity contribution in [2.24, 2.45) is 0 Å². The van der Waals surface area contributed by atoms with E-state index < -0.39 is 11.9 Å². The molecule has 0 spiro atoms. The van der Waals surface area contributed by atoms with E-state index in [9.17, 15) is 13.2 Å². The second-order valence-corrected chi connectivity index (χ2v) is 4.76. The lowest BCUT2D eigenvalue weighted by Crippen LogP contribution is -2.18. The molecular formula is C13H17F3N2. The van der Waals surface area contributed by atoms with Crippen LogP contribution in [0.15, 0.2) is 18.3 Å². The molecule has 1 fully saturated rings. The fraction of sp³-hybridized carbons (Fsp3) is 0.615. The second kappa shape index (κ2) is 5.59. The van der Waals surface area contributed by atoms with Gasteiger partial charge in [-0.1, -0.05) is 25.7 Å². The molecule has 1 aliphatic rings. The number of nitrogens with zero attached hydrogens (tertiary/aromatic N) is 1. The van der Waals surface area contributed by atoms with Gasteiger partial charge in [-0.2, -0.15) is 13.2 Å². The Balaban J connectivity index is 1.97. The Morgan fingerprint density at radius 1 is 1.06 bits per heavy atom. The van der Waals surface area contributed by atoms with E-state index in [1.165, 1.54) is 37.9 Å². The predicted octanol–water partition coefficient (Wildman–Crippen LogP) is 4.24. The minimum Gasteiger partial charge on any atom is -0.381 e. The molecule has 0 aliphatic heterocycles. The molecule has 0 atom stereocenters. The first-order chi connectivity index (χ1) is 8.55. The molecule has 1 N–H and O–H groups in total. The number of rotatable bonds is 2. The first-order valence-corrected chi connectivity index (χ1v) is 6.35. The number of hydrogen-bond acceptors (Lipinski definition) is 2. The van der Waals surface area contributed by atoms with Gasteiger partial charge in [0, 0.05) is 6.04 Å². The summed E-state index contributed by atoms with van der Waals surface area (Å²) in [7, 11) is 0. The summed E-state index contributed by atoms with van der Waals surface area (Å²) >= 11 is 0. The average molecular weight is 258 g/mol. The number of nitrogens with one attached hydrogen (secondary N) is 1. The number of aromatic nitrogens is 1. The Bertz CT molecular complexity index is 365. The zero-order valence-corrected chi connectivity index (χ0v) is 10.1. The highest BCUT2D eigenvalue weighted by Crippen LogP contribution is 2.28. The van der Waals surface area contributed by atoms with E-state index >= 15 is 0 Å². The molecule has 1 aromatic rings. The minimum atomic E-state index is -4.36. The van der Waals surface area contributed by atoms with Gasteiger partial charge in [-0.15, -0.1) is 0 Å². The van der Waals surface area contributed by atoms with Crippen LogP contribution in [0.4, 0.5) is 18.9 Å². The molecule has 100 valence electrons. The van der Waals surface area contributed by atoms with Gasteiger partial charge in [-0.25, -0.2) is 4.98 Å².